The second-order valence-electron chi connectivity index (χ2n) is 7.60. The molecule has 11 heteroatoms. The number of nitrogens with one attached hydrogen (secondary N) is 1. The summed E-state index contributed by atoms with van der Waals surface area (Å²) in [5.41, 5.74) is 7.86. The van der Waals surface area contributed by atoms with Gasteiger partial charge in [-0.15, -0.1) is 11.6 Å². The Morgan fingerprint density at radius 2 is 2.03 bits per heavy atom. The van der Waals surface area contributed by atoms with Crippen LogP contribution in [0.3, 0.4) is 0 Å². The first kappa shape index (κ1) is 26.0. The summed E-state index contributed by atoms with van der Waals surface area (Å²) in [6.45, 7) is 2.45. The highest BCUT2D eigenvalue weighted by Crippen LogP contribution is 2.24. The van der Waals surface area contributed by atoms with Crippen LogP contribution in [0.1, 0.15) is 18.4 Å². The molecule has 0 saturated carbocycles. The zero-order valence-electron chi connectivity index (χ0n) is 18.7. The molecule has 0 aliphatic heterocycles. The van der Waals surface area contributed by atoms with E-state index < -0.39 is 10.1 Å². The van der Waals surface area contributed by atoms with Crippen molar-refractivity contribution >= 4 is 38.8 Å². The van der Waals surface area contributed by atoms with Crippen LogP contribution in [0, 0.1) is 6.92 Å². The van der Waals surface area contributed by atoms with Crippen LogP contribution in [0.2, 0.25) is 0 Å². The van der Waals surface area contributed by atoms with E-state index in [1.165, 1.54) is 12.1 Å². The molecule has 0 spiro atoms. The van der Waals surface area contributed by atoms with E-state index in [4.69, 9.17) is 30.7 Å². The zero-order valence-corrected chi connectivity index (χ0v) is 20.2. The van der Waals surface area contributed by atoms with Gasteiger partial charge in [-0.25, -0.2) is 4.39 Å². The summed E-state index contributed by atoms with van der Waals surface area (Å²) >= 11 is 6.30. The van der Waals surface area contributed by atoms with E-state index in [1.54, 1.807) is 30.3 Å². The summed E-state index contributed by atoms with van der Waals surface area (Å²) in [7, 11) is -3.80. The molecule has 34 heavy (non-hydrogen) atoms. The Morgan fingerprint density at radius 3 is 2.74 bits per heavy atom. The molecule has 3 rings (SSSR count). The van der Waals surface area contributed by atoms with E-state index in [9.17, 15) is 12.8 Å². The van der Waals surface area contributed by atoms with E-state index >= 15 is 0 Å². The monoisotopic (exact) mass is 511 g/mol. The topological polar surface area (TPSA) is 117 Å². The van der Waals surface area contributed by atoms with Crippen LogP contribution in [0.5, 0.6) is 5.75 Å². The molecular formula is C23H27ClFN3O5S. The van der Waals surface area contributed by atoms with Gasteiger partial charge in [0, 0.05) is 30.1 Å². The molecule has 184 valence electrons. The number of oxazole rings is 1. The van der Waals surface area contributed by atoms with Gasteiger partial charge in [0.2, 0.25) is 0 Å². The van der Waals surface area contributed by atoms with Crippen LogP contribution in [-0.4, -0.2) is 45.1 Å². The molecule has 0 saturated heterocycles. The lowest BCUT2D eigenvalue weighted by molar-refractivity contribution is 0.309. The third-order valence-electron chi connectivity index (χ3n) is 4.91. The number of halogens is 2. The first-order valence-electron chi connectivity index (χ1n) is 10.7. The Balaban J connectivity index is 1.42. The van der Waals surface area contributed by atoms with Crippen LogP contribution in [0.25, 0.3) is 11.1 Å². The van der Waals surface area contributed by atoms with Gasteiger partial charge >= 0.3 is 0 Å². The molecule has 0 aliphatic carbocycles. The Bertz CT molecular complexity index is 1220. The minimum atomic E-state index is -3.80. The van der Waals surface area contributed by atoms with Crippen molar-refractivity contribution in [1.82, 2.24) is 4.98 Å². The summed E-state index contributed by atoms with van der Waals surface area (Å²) in [6, 6.07) is 11.9. The minimum absolute atomic E-state index is 0.0144. The first-order chi connectivity index (χ1) is 16.3. The number of nitrogens with zero attached hydrogens (tertiary/aromatic N) is 1. The zero-order chi connectivity index (χ0) is 24.6. The molecule has 3 aromatic rings. The van der Waals surface area contributed by atoms with Gasteiger partial charge in [0.05, 0.1) is 17.8 Å². The predicted octanol–water partition coefficient (Wildman–Crippen LogP) is 4.53. The van der Waals surface area contributed by atoms with Crippen molar-refractivity contribution in [2.24, 2.45) is 5.73 Å². The van der Waals surface area contributed by atoms with E-state index in [-0.39, 0.29) is 30.0 Å². The number of hydrogen-bond acceptors (Lipinski definition) is 8. The van der Waals surface area contributed by atoms with Gasteiger partial charge in [0.1, 0.15) is 17.9 Å². The Labute approximate surface area is 203 Å². The minimum Gasteiger partial charge on any atom is -0.489 e. The fraction of sp³-hybridized carbons (Fsp3) is 0.348. The average molecular weight is 512 g/mol. The maximum Gasteiger partial charge on any atom is 0.296 e. The van der Waals surface area contributed by atoms with E-state index in [2.05, 4.69) is 10.3 Å². The maximum absolute atomic E-state index is 12.6. The summed E-state index contributed by atoms with van der Waals surface area (Å²) in [4.78, 5) is 4.46. The normalized spacial score (nSPS) is 13.2. The van der Waals surface area contributed by atoms with Crippen LogP contribution >= 0.6 is 11.6 Å². The molecule has 3 N–H and O–H groups in total. The first-order valence-corrected chi connectivity index (χ1v) is 12.5. The number of nitrogens with two attached hydrogens (primary N) is 1. The third kappa shape index (κ3) is 7.42. The summed E-state index contributed by atoms with van der Waals surface area (Å²) in [6.07, 6.45) is 1.34. The van der Waals surface area contributed by atoms with Crippen molar-refractivity contribution in [2.45, 2.75) is 30.0 Å². The van der Waals surface area contributed by atoms with Crippen molar-refractivity contribution in [3.05, 3.63) is 59.9 Å². The molecule has 0 fully saturated rings. The van der Waals surface area contributed by atoms with Gasteiger partial charge in [-0.05, 0) is 44.0 Å². The Morgan fingerprint density at radius 1 is 1.26 bits per heavy atom. The molecule has 2 aromatic carbocycles. The molecule has 1 atom stereocenters. The number of fused-ring (bicyclic) bond motifs is 1. The molecule has 0 unspecified atom stereocenters. The van der Waals surface area contributed by atoms with Crippen LogP contribution in [0.15, 0.2) is 63.7 Å². The Kier molecular flexibility index (Phi) is 9.28. The van der Waals surface area contributed by atoms with Gasteiger partial charge in [0.25, 0.3) is 16.1 Å². The summed E-state index contributed by atoms with van der Waals surface area (Å²) < 4.78 is 53.3. The largest absolute Gasteiger partial charge is 0.489 e. The molecular weight excluding hydrogens is 485 g/mol. The van der Waals surface area contributed by atoms with Gasteiger partial charge in [-0.1, -0.05) is 17.7 Å². The molecule has 0 amide bonds. The number of benzene rings is 2. The number of hydrogen-bond donors (Lipinski definition) is 2. The smallest absolute Gasteiger partial charge is 0.296 e. The van der Waals surface area contributed by atoms with Gasteiger partial charge in [-0.2, -0.15) is 13.4 Å². The van der Waals surface area contributed by atoms with Gasteiger partial charge in [-0.3, -0.25) is 4.18 Å². The second kappa shape index (κ2) is 12.2. The molecule has 0 bridgehead atoms. The third-order valence-corrected chi connectivity index (χ3v) is 6.68. The molecule has 0 radical (unpaired) electrons. The number of aromatic nitrogens is 1. The maximum atomic E-state index is 12.6. The number of ether oxygens (including phenoxy) is 1. The van der Waals surface area contributed by atoms with Crippen molar-refractivity contribution in [2.75, 3.05) is 31.6 Å². The number of aryl methyl sites for hydroxylation is 1. The number of alkyl halides is 1. The van der Waals surface area contributed by atoms with Gasteiger partial charge in [0.15, 0.2) is 5.58 Å². The summed E-state index contributed by atoms with van der Waals surface area (Å²) in [5, 5.41) is 2.75. The second-order valence-corrected chi connectivity index (χ2v) is 9.83. The highest BCUT2D eigenvalue weighted by atomic mass is 35.5. The average Bonchev–Trinajstić information content (AvgIpc) is 3.22. The van der Waals surface area contributed by atoms with Crippen LogP contribution in [0.4, 0.5) is 10.4 Å². The fourth-order valence-corrected chi connectivity index (χ4v) is 4.04. The fourth-order valence-electron chi connectivity index (χ4n) is 2.92. The lowest BCUT2D eigenvalue weighted by atomic mass is 10.2. The predicted molar refractivity (Wildman–Crippen MR) is 129 cm³/mol. The SMILES string of the molecule is Cc1ccc(S(=O)(=O)OCC[C@@H](Cl)CCNc2nc3ccc(OC/C(=C\F)CN)cc3o2)cc1. The van der Waals surface area contributed by atoms with Crippen LogP contribution in [-0.2, 0) is 14.3 Å². The van der Waals surface area contributed by atoms with Crippen molar-refractivity contribution in [3.63, 3.8) is 0 Å². The van der Waals surface area contributed by atoms with Crippen molar-refractivity contribution < 1.29 is 26.1 Å². The Hall–Kier alpha value is -2.66. The van der Waals surface area contributed by atoms with E-state index in [1.807, 2.05) is 6.92 Å². The lowest BCUT2D eigenvalue weighted by Gasteiger charge is -2.10. The standard InChI is InChI=1S/C23H27ClFN3O5S/c1-16-2-5-20(6-3-16)34(29,30)32-11-9-18(24)8-10-27-23-28-21-7-4-19(12-22(21)33-23)31-15-17(13-25)14-26/h2-7,12-13,18H,8-11,14-15,26H2,1H3,(H,27,28)/b17-13-/t18-/m0/s1. The van der Waals surface area contributed by atoms with Gasteiger partial charge < -0.3 is 20.2 Å². The molecule has 0 aliphatic rings. The highest BCUT2D eigenvalue weighted by molar-refractivity contribution is 7.86. The molecule has 1 heterocycles. The summed E-state index contributed by atoms with van der Waals surface area (Å²) in [5.74, 6) is 0.504. The molecule has 1 aromatic heterocycles. The van der Waals surface area contributed by atoms with E-state index in [0.717, 1.165) is 5.56 Å². The van der Waals surface area contributed by atoms with Crippen LogP contribution < -0.4 is 15.8 Å². The quantitative estimate of drug-likeness (QED) is 0.254. The van der Waals surface area contributed by atoms with Crippen molar-refractivity contribution in [3.8, 4) is 5.75 Å². The highest BCUT2D eigenvalue weighted by Gasteiger charge is 2.16. The van der Waals surface area contributed by atoms with E-state index in [0.29, 0.717) is 54.2 Å². The number of anilines is 1. The number of rotatable bonds is 13. The van der Waals surface area contributed by atoms with Crippen molar-refractivity contribution in [1.29, 1.82) is 0 Å². The molecule has 8 nitrogen and oxygen atoms in total. The lowest BCUT2D eigenvalue weighted by Crippen LogP contribution is -2.14.